The van der Waals surface area contributed by atoms with E-state index >= 15 is 0 Å². The summed E-state index contributed by atoms with van der Waals surface area (Å²) >= 11 is 0. The Hall–Kier alpha value is -0.840. The van der Waals surface area contributed by atoms with Crippen LogP contribution in [0.3, 0.4) is 0 Å². The molecule has 1 unspecified atom stereocenters. The molecule has 1 aliphatic heterocycles. The molecule has 0 aromatic heterocycles. The zero-order valence-electron chi connectivity index (χ0n) is 8.86. The van der Waals surface area contributed by atoms with E-state index in [1.165, 1.54) is 7.11 Å². The Morgan fingerprint density at radius 3 is 2.73 bits per heavy atom. The molecule has 1 fully saturated rings. The van der Waals surface area contributed by atoms with Gasteiger partial charge in [0.2, 0.25) is 0 Å². The summed E-state index contributed by atoms with van der Waals surface area (Å²) in [5, 5.41) is 0. The molecular formula is C10H16O4S. The minimum atomic E-state index is -2.90. The minimum Gasteiger partial charge on any atom is -0.466 e. The lowest BCUT2D eigenvalue weighted by atomic mass is 9.97. The van der Waals surface area contributed by atoms with Gasteiger partial charge in [-0.15, -0.1) is 0 Å². The predicted octanol–water partition coefficient (Wildman–Crippen LogP) is 0.931. The summed E-state index contributed by atoms with van der Waals surface area (Å²) < 4.78 is 27.2. The number of rotatable bonds is 3. The number of carbonyl (C=O) groups excluding carboxylic acids is 1. The summed E-state index contributed by atoms with van der Waals surface area (Å²) in [7, 11) is -1.61. The van der Waals surface area contributed by atoms with E-state index in [1.54, 1.807) is 0 Å². The average molecular weight is 232 g/mol. The lowest BCUT2D eigenvalue weighted by molar-refractivity contribution is -0.136. The van der Waals surface area contributed by atoms with Gasteiger partial charge in [0.25, 0.3) is 0 Å². The van der Waals surface area contributed by atoms with Crippen LogP contribution < -0.4 is 0 Å². The Bertz CT molecular complexity index is 356. The van der Waals surface area contributed by atoms with Gasteiger partial charge in [-0.2, -0.15) is 0 Å². The van der Waals surface area contributed by atoms with E-state index < -0.39 is 15.8 Å². The van der Waals surface area contributed by atoms with Crippen LogP contribution in [0.4, 0.5) is 0 Å². The molecule has 5 heteroatoms. The van der Waals surface area contributed by atoms with Gasteiger partial charge < -0.3 is 4.74 Å². The van der Waals surface area contributed by atoms with E-state index in [4.69, 9.17) is 0 Å². The largest absolute Gasteiger partial charge is 0.466 e. The van der Waals surface area contributed by atoms with Crippen LogP contribution in [-0.2, 0) is 19.4 Å². The highest BCUT2D eigenvalue weighted by Crippen LogP contribution is 2.24. The van der Waals surface area contributed by atoms with Gasteiger partial charge in [-0.05, 0) is 25.2 Å². The zero-order valence-corrected chi connectivity index (χ0v) is 9.68. The van der Waals surface area contributed by atoms with Gasteiger partial charge in [0.15, 0.2) is 9.84 Å². The van der Waals surface area contributed by atoms with E-state index in [9.17, 15) is 13.2 Å². The zero-order chi connectivity index (χ0) is 11.5. The highest BCUT2D eigenvalue weighted by Gasteiger charge is 2.26. The highest BCUT2D eigenvalue weighted by atomic mass is 32.2. The number of hydrogen-bond acceptors (Lipinski definition) is 4. The lowest BCUT2D eigenvalue weighted by Gasteiger charge is -2.21. The van der Waals surface area contributed by atoms with Crippen molar-refractivity contribution in [1.29, 1.82) is 0 Å². The van der Waals surface area contributed by atoms with Crippen molar-refractivity contribution >= 4 is 15.8 Å². The normalized spacial score (nSPS) is 24.5. The summed E-state index contributed by atoms with van der Waals surface area (Å²) in [4.78, 5) is 11.1. The summed E-state index contributed by atoms with van der Waals surface area (Å²) in [6, 6.07) is 0. The monoisotopic (exact) mass is 232 g/mol. The van der Waals surface area contributed by atoms with Crippen LogP contribution in [0.2, 0.25) is 0 Å². The molecule has 0 aliphatic carbocycles. The Balaban J connectivity index is 2.52. The molecular weight excluding hydrogens is 216 g/mol. The number of ether oxygens (including phenoxy) is 1. The first kappa shape index (κ1) is 12.2. The van der Waals surface area contributed by atoms with E-state index in [2.05, 4.69) is 11.3 Å². The second-order valence-electron chi connectivity index (χ2n) is 3.92. The molecule has 15 heavy (non-hydrogen) atoms. The molecule has 0 aromatic carbocycles. The predicted molar refractivity (Wildman–Crippen MR) is 57.2 cm³/mol. The molecule has 1 atom stereocenters. The number of hydrogen-bond donors (Lipinski definition) is 0. The van der Waals surface area contributed by atoms with Crippen molar-refractivity contribution in [1.82, 2.24) is 0 Å². The smallest absolute Gasteiger partial charge is 0.333 e. The third-order valence-corrected chi connectivity index (χ3v) is 4.46. The minimum absolute atomic E-state index is 0.0235. The summed E-state index contributed by atoms with van der Waals surface area (Å²) in [5.74, 6) is 0.0188. The van der Waals surface area contributed by atoms with Crippen molar-refractivity contribution in [2.75, 3.05) is 18.6 Å². The van der Waals surface area contributed by atoms with Gasteiger partial charge >= 0.3 is 5.97 Å². The molecule has 86 valence electrons. The SMILES string of the molecule is C=C(CC1CCCS(=O)(=O)C1)C(=O)OC. The average Bonchev–Trinajstić information content (AvgIpc) is 2.14. The topological polar surface area (TPSA) is 60.4 Å². The Labute approximate surface area is 90.2 Å². The van der Waals surface area contributed by atoms with E-state index in [-0.39, 0.29) is 17.4 Å². The van der Waals surface area contributed by atoms with Crippen LogP contribution in [0, 0.1) is 5.92 Å². The van der Waals surface area contributed by atoms with E-state index in [0.717, 1.165) is 6.42 Å². The van der Waals surface area contributed by atoms with E-state index in [0.29, 0.717) is 18.4 Å². The fourth-order valence-corrected chi connectivity index (χ4v) is 3.63. The Morgan fingerprint density at radius 1 is 1.53 bits per heavy atom. The van der Waals surface area contributed by atoms with Gasteiger partial charge in [0, 0.05) is 5.57 Å². The standard InChI is InChI=1S/C10H16O4S/c1-8(10(11)14-2)6-9-4-3-5-15(12,13)7-9/h9H,1,3-7H2,2H3. The van der Waals surface area contributed by atoms with Crippen LogP contribution in [0.5, 0.6) is 0 Å². The lowest BCUT2D eigenvalue weighted by Crippen LogP contribution is -2.26. The Kier molecular flexibility index (Phi) is 3.90. The number of esters is 1. The fraction of sp³-hybridized carbons (Fsp3) is 0.700. The van der Waals surface area contributed by atoms with Crippen LogP contribution in [0.25, 0.3) is 0 Å². The molecule has 1 aliphatic rings. The molecule has 1 heterocycles. The molecule has 0 saturated carbocycles. The number of sulfone groups is 1. The van der Waals surface area contributed by atoms with Crippen LogP contribution in [0.1, 0.15) is 19.3 Å². The van der Waals surface area contributed by atoms with Crippen molar-refractivity contribution in [2.45, 2.75) is 19.3 Å². The summed E-state index contributed by atoms with van der Waals surface area (Å²) in [6.07, 6.45) is 1.95. The van der Waals surface area contributed by atoms with Gasteiger partial charge in [-0.25, -0.2) is 13.2 Å². The van der Waals surface area contributed by atoms with Crippen molar-refractivity contribution in [3.05, 3.63) is 12.2 Å². The first-order valence-corrected chi connectivity index (χ1v) is 6.73. The van der Waals surface area contributed by atoms with Crippen molar-refractivity contribution in [2.24, 2.45) is 5.92 Å². The van der Waals surface area contributed by atoms with Crippen LogP contribution >= 0.6 is 0 Å². The third kappa shape index (κ3) is 3.66. The van der Waals surface area contributed by atoms with Gasteiger partial charge in [0.05, 0.1) is 18.6 Å². The second kappa shape index (κ2) is 4.79. The fourth-order valence-electron chi connectivity index (χ4n) is 1.85. The molecule has 0 radical (unpaired) electrons. The molecule has 1 saturated heterocycles. The quantitative estimate of drug-likeness (QED) is 0.536. The van der Waals surface area contributed by atoms with Gasteiger partial charge in [-0.1, -0.05) is 6.58 Å². The van der Waals surface area contributed by atoms with Crippen molar-refractivity contribution in [3.8, 4) is 0 Å². The maximum atomic E-state index is 11.3. The third-order valence-electron chi connectivity index (χ3n) is 2.57. The molecule has 0 bridgehead atoms. The first-order chi connectivity index (χ1) is 6.94. The van der Waals surface area contributed by atoms with Crippen LogP contribution in [0.15, 0.2) is 12.2 Å². The molecule has 0 amide bonds. The van der Waals surface area contributed by atoms with Crippen LogP contribution in [-0.4, -0.2) is 33.0 Å². The van der Waals surface area contributed by atoms with Gasteiger partial charge in [0.1, 0.15) is 0 Å². The molecule has 1 rings (SSSR count). The molecule has 4 nitrogen and oxygen atoms in total. The number of methoxy groups -OCH3 is 1. The molecule has 0 aromatic rings. The molecule has 0 spiro atoms. The van der Waals surface area contributed by atoms with Gasteiger partial charge in [-0.3, -0.25) is 0 Å². The highest BCUT2D eigenvalue weighted by molar-refractivity contribution is 7.91. The summed E-state index contributed by atoms with van der Waals surface area (Å²) in [5.41, 5.74) is 0.361. The Morgan fingerprint density at radius 2 is 2.20 bits per heavy atom. The summed E-state index contributed by atoms with van der Waals surface area (Å²) in [6.45, 7) is 3.60. The number of carbonyl (C=O) groups is 1. The molecule has 0 N–H and O–H groups in total. The second-order valence-corrected chi connectivity index (χ2v) is 6.15. The van der Waals surface area contributed by atoms with Crippen molar-refractivity contribution < 1.29 is 17.9 Å². The van der Waals surface area contributed by atoms with Crippen molar-refractivity contribution in [3.63, 3.8) is 0 Å². The first-order valence-electron chi connectivity index (χ1n) is 4.91. The maximum Gasteiger partial charge on any atom is 0.333 e. The maximum absolute atomic E-state index is 11.3. The van der Waals surface area contributed by atoms with E-state index in [1.807, 2.05) is 0 Å².